The summed E-state index contributed by atoms with van der Waals surface area (Å²) in [4.78, 5) is 26.4. The van der Waals surface area contributed by atoms with E-state index in [0.717, 1.165) is 22.9 Å². The van der Waals surface area contributed by atoms with Crippen molar-refractivity contribution >= 4 is 40.0 Å². The van der Waals surface area contributed by atoms with E-state index in [-0.39, 0.29) is 17.7 Å². The fraction of sp³-hybridized carbons (Fsp3) is 0.600. The number of thioether (sulfide) groups is 1. The highest BCUT2D eigenvalue weighted by Gasteiger charge is 2.38. The molecule has 0 radical (unpaired) electrons. The zero-order chi connectivity index (χ0) is 16.2. The van der Waals surface area contributed by atoms with Crippen LogP contribution in [0.15, 0.2) is 17.0 Å². The number of aromatic nitrogens is 2. The molecule has 23 heavy (non-hydrogen) atoms. The third kappa shape index (κ3) is 3.92. The minimum Gasteiger partial charge on any atom is -0.339 e. The zero-order valence-corrected chi connectivity index (χ0v) is 14.5. The van der Waals surface area contributed by atoms with Crippen molar-refractivity contribution in [2.75, 3.05) is 17.6 Å². The van der Waals surface area contributed by atoms with Gasteiger partial charge in [0.15, 0.2) is 4.34 Å². The minimum absolute atomic E-state index is 0.108. The van der Waals surface area contributed by atoms with E-state index in [4.69, 9.17) is 0 Å². The molecule has 6 nitrogen and oxygen atoms in total. The minimum atomic E-state index is -0.281. The molecule has 1 atom stereocenters. The average Bonchev–Trinajstić information content (AvgIpc) is 3.25. The van der Waals surface area contributed by atoms with Gasteiger partial charge in [-0.2, -0.15) is 0 Å². The number of carbonyl (C=O) groups is 2. The predicted octanol–water partition coefficient (Wildman–Crippen LogP) is 2.55. The van der Waals surface area contributed by atoms with Crippen molar-refractivity contribution in [3.63, 3.8) is 0 Å². The van der Waals surface area contributed by atoms with Crippen LogP contribution in [0.2, 0.25) is 0 Å². The summed E-state index contributed by atoms with van der Waals surface area (Å²) in [5.74, 6) is 0.457. The molecule has 1 aliphatic heterocycles. The highest BCUT2D eigenvalue weighted by molar-refractivity contribution is 8.01. The number of nitrogens with zero attached hydrogens (tertiary/aromatic N) is 3. The summed E-state index contributed by atoms with van der Waals surface area (Å²) in [6.45, 7) is 4.19. The molecule has 1 aromatic rings. The third-order valence-electron chi connectivity index (χ3n) is 4.26. The SMILES string of the molecule is C=CCSc1nnc(NC(=O)[C@H]2CC(=O)N(C3CCCC3)C2)s1. The van der Waals surface area contributed by atoms with Crippen LogP contribution in [0.3, 0.4) is 0 Å². The molecule has 2 amide bonds. The summed E-state index contributed by atoms with van der Waals surface area (Å²) >= 11 is 2.88. The lowest BCUT2D eigenvalue weighted by Crippen LogP contribution is -2.35. The predicted molar refractivity (Wildman–Crippen MR) is 91.5 cm³/mol. The lowest BCUT2D eigenvalue weighted by atomic mass is 10.1. The van der Waals surface area contributed by atoms with Gasteiger partial charge in [0.2, 0.25) is 16.9 Å². The molecule has 3 rings (SSSR count). The topological polar surface area (TPSA) is 75.2 Å². The van der Waals surface area contributed by atoms with Crippen LogP contribution in [0.4, 0.5) is 5.13 Å². The molecule has 1 saturated carbocycles. The molecule has 0 unspecified atom stereocenters. The second kappa shape index (κ2) is 7.44. The number of amides is 2. The maximum absolute atomic E-state index is 12.4. The Bertz CT molecular complexity index is 598. The van der Waals surface area contributed by atoms with Crippen molar-refractivity contribution in [1.82, 2.24) is 15.1 Å². The highest BCUT2D eigenvalue weighted by Crippen LogP contribution is 2.31. The van der Waals surface area contributed by atoms with Crippen molar-refractivity contribution in [3.05, 3.63) is 12.7 Å². The molecule has 1 aromatic heterocycles. The number of nitrogens with one attached hydrogen (secondary N) is 1. The highest BCUT2D eigenvalue weighted by atomic mass is 32.2. The van der Waals surface area contributed by atoms with E-state index >= 15 is 0 Å². The van der Waals surface area contributed by atoms with Crippen LogP contribution in [0.25, 0.3) is 0 Å². The number of carbonyl (C=O) groups excluding carboxylic acids is 2. The van der Waals surface area contributed by atoms with E-state index in [2.05, 4.69) is 22.1 Å². The maximum atomic E-state index is 12.4. The Labute approximate surface area is 143 Å². The molecule has 8 heteroatoms. The molecule has 1 N–H and O–H groups in total. The summed E-state index contributed by atoms with van der Waals surface area (Å²) < 4.78 is 0.801. The summed E-state index contributed by atoms with van der Waals surface area (Å²) in [5.41, 5.74) is 0. The standard InChI is InChI=1S/C15H20N4O2S2/c1-2-7-22-15-18-17-14(23-15)16-13(21)10-8-12(20)19(9-10)11-5-3-4-6-11/h2,10-11H,1,3-9H2,(H,16,17,21)/t10-/m0/s1. The van der Waals surface area contributed by atoms with Gasteiger partial charge in [0.25, 0.3) is 0 Å². The summed E-state index contributed by atoms with van der Waals surface area (Å²) in [7, 11) is 0. The van der Waals surface area contributed by atoms with Gasteiger partial charge in [-0.1, -0.05) is 42.0 Å². The molecule has 0 spiro atoms. The van der Waals surface area contributed by atoms with Crippen LogP contribution < -0.4 is 5.32 Å². The fourth-order valence-electron chi connectivity index (χ4n) is 3.13. The van der Waals surface area contributed by atoms with Crippen molar-refractivity contribution in [2.24, 2.45) is 5.92 Å². The van der Waals surface area contributed by atoms with Crippen molar-refractivity contribution in [1.29, 1.82) is 0 Å². The first-order chi connectivity index (χ1) is 11.2. The van der Waals surface area contributed by atoms with E-state index in [0.29, 0.717) is 24.1 Å². The Morgan fingerprint density at radius 3 is 2.96 bits per heavy atom. The molecule has 2 fully saturated rings. The van der Waals surface area contributed by atoms with Crippen LogP contribution in [0.5, 0.6) is 0 Å². The number of anilines is 1. The second-order valence-electron chi connectivity index (χ2n) is 5.85. The summed E-state index contributed by atoms with van der Waals surface area (Å²) in [6, 6.07) is 0.337. The first-order valence-corrected chi connectivity index (χ1v) is 9.65. The van der Waals surface area contributed by atoms with Crippen LogP contribution in [0.1, 0.15) is 32.1 Å². The molecule has 0 aromatic carbocycles. The van der Waals surface area contributed by atoms with Gasteiger partial charge in [-0.25, -0.2) is 0 Å². The second-order valence-corrected chi connectivity index (χ2v) is 8.09. The largest absolute Gasteiger partial charge is 0.339 e. The van der Waals surface area contributed by atoms with E-state index in [1.165, 1.54) is 35.9 Å². The van der Waals surface area contributed by atoms with Gasteiger partial charge < -0.3 is 10.2 Å². The Balaban J connectivity index is 1.55. The van der Waals surface area contributed by atoms with Crippen molar-refractivity contribution < 1.29 is 9.59 Å². The maximum Gasteiger partial charge on any atom is 0.231 e. The Morgan fingerprint density at radius 1 is 1.43 bits per heavy atom. The number of rotatable bonds is 6. The molecular weight excluding hydrogens is 332 g/mol. The Hall–Kier alpha value is -1.41. The smallest absolute Gasteiger partial charge is 0.231 e. The van der Waals surface area contributed by atoms with Crippen LogP contribution >= 0.6 is 23.1 Å². The van der Waals surface area contributed by atoms with Crippen LogP contribution in [-0.4, -0.2) is 45.3 Å². The van der Waals surface area contributed by atoms with Gasteiger partial charge in [-0.3, -0.25) is 9.59 Å². The zero-order valence-electron chi connectivity index (χ0n) is 12.9. The molecule has 124 valence electrons. The van der Waals surface area contributed by atoms with Crippen LogP contribution in [0, 0.1) is 5.92 Å². The average molecular weight is 352 g/mol. The van der Waals surface area contributed by atoms with E-state index < -0.39 is 0 Å². The normalized spacial score (nSPS) is 21.8. The Morgan fingerprint density at radius 2 is 2.22 bits per heavy atom. The first kappa shape index (κ1) is 16.4. The van der Waals surface area contributed by atoms with Crippen molar-refractivity contribution in [3.8, 4) is 0 Å². The van der Waals surface area contributed by atoms with Gasteiger partial charge in [-0.05, 0) is 12.8 Å². The fourth-order valence-corrected chi connectivity index (χ4v) is 4.65. The number of hydrogen-bond acceptors (Lipinski definition) is 6. The Kier molecular flexibility index (Phi) is 5.32. The molecule has 2 heterocycles. The van der Waals surface area contributed by atoms with E-state index in [1.54, 1.807) is 6.08 Å². The van der Waals surface area contributed by atoms with Gasteiger partial charge in [0, 0.05) is 24.8 Å². The van der Waals surface area contributed by atoms with Gasteiger partial charge in [0.1, 0.15) is 0 Å². The molecule has 1 saturated heterocycles. The van der Waals surface area contributed by atoms with Gasteiger partial charge in [-0.15, -0.1) is 16.8 Å². The third-order valence-corrected chi connectivity index (χ3v) is 6.22. The van der Waals surface area contributed by atoms with Gasteiger partial charge >= 0.3 is 0 Å². The molecular formula is C15H20N4O2S2. The monoisotopic (exact) mass is 352 g/mol. The lowest BCUT2D eigenvalue weighted by Gasteiger charge is -2.23. The van der Waals surface area contributed by atoms with Crippen LogP contribution in [-0.2, 0) is 9.59 Å². The molecule has 0 bridgehead atoms. The quantitative estimate of drug-likeness (QED) is 0.484. The molecule has 2 aliphatic rings. The summed E-state index contributed by atoms with van der Waals surface area (Å²) in [5, 5.41) is 11.3. The number of hydrogen-bond donors (Lipinski definition) is 1. The van der Waals surface area contributed by atoms with Gasteiger partial charge in [0.05, 0.1) is 5.92 Å². The number of likely N-dealkylation sites (tertiary alicyclic amines) is 1. The van der Waals surface area contributed by atoms with E-state index in [1.807, 2.05) is 4.90 Å². The lowest BCUT2D eigenvalue weighted by molar-refractivity contribution is -0.129. The van der Waals surface area contributed by atoms with E-state index in [9.17, 15) is 9.59 Å². The first-order valence-electron chi connectivity index (χ1n) is 7.85. The van der Waals surface area contributed by atoms with Crippen molar-refractivity contribution in [2.45, 2.75) is 42.5 Å². The molecule has 1 aliphatic carbocycles. The summed E-state index contributed by atoms with van der Waals surface area (Å²) in [6.07, 6.45) is 6.61.